The zero-order chi connectivity index (χ0) is 22.2. The zero-order valence-corrected chi connectivity index (χ0v) is 18.4. The van der Waals surface area contributed by atoms with Gasteiger partial charge in [-0.2, -0.15) is 0 Å². The van der Waals surface area contributed by atoms with Gasteiger partial charge in [-0.1, -0.05) is 42.1 Å². The summed E-state index contributed by atoms with van der Waals surface area (Å²) >= 11 is 1.29. The number of amides is 2. The molecule has 162 valence electrons. The highest BCUT2D eigenvalue weighted by Crippen LogP contribution is 2.32. The summed E-state index contributed by atoms with van der Waals surface area (Å²) in [6.45, 7) is 2.54. The first-order chi connectivity index (χ1) is 15.0. The molecule has 2 aromatic rings. The van der Waals surface area contributed by atoms with Gasteiger partial charge in [-0.25, -0.2) is 9.79 Å². The van der Waals surface area contributed by atoms with E-state index in [0.717, 1.165) is 5.56 Å². The maximum atomic E-state index is 13.0. The molecule has 0 saturated carbocycles. The van der Waals surface area contributed by atoms with Crippen molar-refractivity contribution in [2.75, 3.05) is 20.2 Å². The lowest BCUT2D eigenvalue weighted by molar-refractivity contribution is -0.129. The van der Waals surface area contributed by atoms with Gasteiger partial charge < -0.3 is 10.1 Å². The Morgan fingerprint density at radius 1 is 1.13 bits per heavy atom. The Morgan fingerprint density at radius 2 is 1.84 bits per heavy atom. The van der Waals surface area contributed by atoms with Crippen molar-refractivity contribution in [2.24, 2.45) is 4.99 Å². The molecule has 1 saturated heterocycles. The molecular weight excluding hydrogens is 414 g/mol. The monoisotopic (exact) mass is 439 g/mol. The van der Waals surface area contributed by atoms with Gasteiger partial charge in [-0.15, -0.1) is 0 Å². The van der Waals surface area contributed by atoms with E-state index >= 15 is 0 Å². The summed E-state index contributed by atoms with van der Waals surface area (Å²) < 4.78 is 5.00. The number of nitrogens with one attached hydrogen (secondary N) is 1. The molecule has 0 radical (unpaired) electrons. The SMILES string of the molecule is CCOC(=O)c1ccc(N=C2SC(CC(=O)NC)C(=O)N2CCc2ccccc2)cc1. The molecule has 0 spiro atoms. The van der Waals surface area contributed by atoms with Crippen LogP contribution in [0.1, 0.15) is 29.3 Å². The number of hydrogen-bond donors (Lipinski definition) is 1. The van der Waals surface area contributed by atoms with Crippen molar-refractivity contribution in [3.8, 4) is 0 Å². The maximum Gasteiger partial charge on any atom is 0.338 e. The summed E-state index contributed by atoms with van der Waals surface area (Å²) in [5, 5.41) is 2.62. The Kier molecular flexibility index (Phi) is 7.83. The van der Waals surface area contributed by atoms with E-state index in [4.69, 9.17) is 4.74 Å². The number of thioether (sulfide) groups is 1. The molecule has 1 aliphatic heterocycles. The third-order valence-corrected chi connectivity index (χ3v) is 5.92. The molecule has 0 aliphatic carbocycles. The third-order valence-electron chi connectivity index (χ3n) is 4.74. The molecule has 1 N–H and O–H groups in total. The van der Waals surface area contributed by atoms with Crippen molar-refractivity contribution in [3.05, 3.63) is 65.7 Å². The van der Waals surface area contributed by atoms with E-state index in [-0.39, 0.29) is 24.2 Å². The topological polar surface area (TPSA) is 88.1 Å². The Balaban J connectivity index is 1.80. The largest absolute Gasteiger partial charge is 0.462 e. The lowest BCUT2D eigenvalue weighted by Gasteiger charge is -2.16. The number of amidine groups is 1. The van der Waals surface area contributed by atoms with Gasteiger partial charge in [0, 0.05) is 20.0 Å². The van der Waals surface area contributed by atoms with Crippen LogP contribution in [0.5, 0.6) is 0 Å². The molecule has 1 aliphatic rings. The molecule has 1 heterocycles. The first kappa shape index (κ1) is 22.6. The Labute approximate surface area is 185 Å². The van der Waals surface area contributed by atoms with Crippen LogP contribution in [0, 0.1) is 0 Å². The number of aliphatic imine (C=N–C) groups is 1. The Bertz CT molecular complexity index is 961. The lowest BCUT2D eigenvalue weighted by Crippen LogP contribution is -2.35. The fraction of sp³-hybridized carbons (Fsp3) is 0.304. The number of carbonyl (C=O) groups excluding carboxylic acids is 3. The first-order valence-electron chi connectivity index (χ1n) is 10.1. The van der Waals surface area contributed by atoms with Crippen molar-refractivity contribution in [2.45, 2.75) is 25.0 Å². The molecule has 1 unspecified atom stereocenters. The van der Waals surface area contributed by atoms with E-state index in [9.17, 15) is 14.4 Å². The average molecular weight is 440 g/mol. The fourth-order valence-corrected chi connectivity index (χ4v) is 4.27. The molecule has 0 aromatic heterocycles. The smallest absolute Gasteiger partial charge is 0.338 e. The highest BCUT2D eigenvalue weighted by molar-refractivity contribution is 8.15. The van der Waals surface area contributed by atoms with Crippen LogP contribution in [0.15, 0.2) is 59.6 Å². The summed E-state index contributed by atoms with van der Waals surface area (Å²) in [5.41, 5.74) is 2.18. The summed E-state index contributed by atoms with van der Waals surface area (Å²) in [6.07, 6.45) is 0.781. The molecule has 1 atom stereocenters. The number of esters is 1. The predicted octanol–water partition coefficient (Wildman–Crippen LogP) is 3.17. The number of nitrogens with zero attached hydrogens (tertiary/aromatic N) is 2. The number of benzene rings is 2. The molecule has 8 heteroatoms. The average Bonchev–Trinajstić information content (AvgIpc) is 3.07. The number of hydrogen-bond acceptors (Lipinski definition) is 6. The van der Waals surface area contributed by atoms with Gasteiger partial charge in [0.2, 0.25) is 11.8 Å². The standard InChI is InChI=1S/C23H25N3O4S/c1-3-30-22(29)17-9-11-18(12-10-17)25-23-26(14-13-16-7-5-4-6-8-16)21(28)19(31-23)15-20(27)24-2/h4-12,19H,3,13-15H2,1-2H3,(H,24,27). The van der Waals surface area contributed by atoms with Gasteiger partial charge in [0.05, 0.1) is 17.9 Å². The number of carbonyl (C=O) groups is 3. The second kappa shape index (κ2) is 10.8. The van der Waals surface area contributed by atoms with E-state index in [0.29, 0.717) is 36.0 Å². The second-order valence-corrected chi connectivity index (χ2v) is 8.04. The summed E-state index contributed by atoms with van der Waals surface area (Å²) in [6, 6.07) is 16.6. The van der Waals surface area contributed by atoms with Gasteiger partial charge in [-0.05, 0) is 43.2 Å². The van der Waals surface area contributed by atoms with Gasteiger partial charge in [-0.3, -0.25) is 14.5 Å². The first-order valence-corrected chi connectivity index (χ1v) is 11.0. The molecule has 0 bridgehead atoms. The summed E-state index contributed by atoms with van der Waals surface area (Å²) in [7, 11) is 1.56. The normalized spacial score (nSPS) is 17.1. The Morgan fingerprint density at radius 3 is 2.48 bits per heavy atom. The van der Waals surface area contributed by atoms with Gasteiger partial charge >= 0.3 is 5.97 Å². The second-order valence-electron chi connectivity index (χ2n) is 6.87. The van der Waals surface area contributed by atoms with Crippen LogP contribution in [0.3, 0.4) is 0 Å². The van der Waals surface area contributed by atoms with Crippen molar-refractivity contribution < 1.29 is 19.1 Å². The molecule has 1 fully saturated rings. The number of rotatable bonds is 8. The van der Waals surface area contributed by atoms with E-state index in [1.54, 1.807) is 43.1 Å². The van der Waals surface area contributed by atoms with Crippen LogP contribution in [0.4, 0.5) is 5.69 Å². The predicted molar refractivity (Wildman–Crippen MR) is 121 cm³/mol. The van der Waals surface area contributed by atoms with Crippen LogP contribution in [0.2, 0.25) is 0 Å². The molecule has 3 rings (SSSR count). The van der Waals surface area contributed by atoms with Crippen molar-refractivity contribution in [3.63, 3.8) is 0 Å². The summed E-state index contributed by atoms with van der Waals surface area (Å²) in [4.78, 5) is 42.9. The van der Waals surface area contributed by atoms with Crippen molar-refractivity contribution in [1.29, 1.82) is 0 Å². The quantitative estimate of drug-likeness (QED) is 0.639. The highest BCUT2D eigenvalue weighted by Gasteiger charge is 2.38. The van der Waals surface area contributed by atoms with Crippen LogP contribution < -0.4 is 5.32 Å². The third kappa shape index (κ3) is 5.95. The summed E-state index contributed by atoms with van der Waals surface area (Å²) in [5.74, 6) is -0.692. The Hall–Kier alpha value is -3.13. The number of ether oxygens (including phenoxy) is 1. The molecule has 2 amide bonds. The van der Waals surface area contributed by atoms with Crippen molar-refractivity contribution >= 4 is 40.4 Å². The molecular formula is C23H25N3O4S. The fourth-order valence-electron chi connectivity index (χ4n) is 3.08. The molecule has 7 nitrogen and oxygen atoms in total. The van der Waals surface area contributed by atoms with Crippen LogP contribution in [0.25, 0.3) is 0 Å². The van der Waals surface area contributed by atoms with Crippen LogP contribution in [-0.4, -0.2) is 53.3 Å². The molecule has 2 aromatic carbocycles. The van der Waals surface area contributed by atoms with E-state index in [1.807, 2.05) is 30.3 Å². The van der Waals surface area contributed by atoms with Gasteiger partial charge in [0.25, 0.3) is 0 Å². The van der Waals surface area contributed by atoms with Gasteiger partial charge in [0.1, 0.15) is 5.25 Å². The lowest BCUT2D eigenvalue weighted by atomic mass is 10.1. The van der Waals surface area contributed by atoms with E-state index in [1.165, 1.54) is 11.8 Å². The minimum Gasteiger partial charge on any atom is -0.462 e. The minimum atomic E-state index is -0.506. The maximum absolute atomic E-state index is 13.0. The highest BCUT2D eigenvalue weighted by atomic mass is 32.2. The van der Waals surface area contributed by atoms with E-state index in [2.05, 4.69) is 10.3 Å². The van der Waals surface area contributed by atoms with Crippen LogP contribution in [-0.2, 0) is 20.7 Å². The van der Waals surface area contributed by atoms with Gasteiger partial charge in [0.15, 0.2) is 5.17 Å². The minimum absolute atomic E-state index is 0.0999. The van der Waals surface area contributed by atoms with Crippen molar-refractivity contribution in [1.82, 2.24) is 10.2 Å². The molecule has 31 heavy (non-hydrogen) atoms. The van der Waals surface area contributed by atoms with Crippen LogP contribution >= 0.6 is 11.8 Å². The van der Waals surface area contributed by atoms with E-state index < -0.39 is 5.25 Å². The zero-order valence-electron chi connectivity index (χ0n) is 17.5.